The highest BCUT2D eigenvalue weighted by Gasteiger charge is 2.25. The molecule has 19 heavy (non-hydrogen) atoms. The van der Waals surface area contributed by atoms with Crippen LogP contribution in [0.5, 0.6) is 0 Å². The summed E-state index contributed by atoms with van der Waals surface area (Å²) in [6.45, 7) is 1.77. The number of hydrogen-bond acceptors (Lipinski definition) is 4. The van der Waals surface area contributed by atoms with Crippen molar-refractivity contribution in [3.05, 3.63) is 23.8 Å². The number of rotatable bonds is 4. The maximum Gasteiger partial charge on any atom is 0.201 e. The molecule has 5 nitrogen and oxygen atoms in total. The number of nitrogens with two attached hydrogens (primary N) is 1. The second-order valence-electron chi connectivity index (χ2n) is 5.12. The first-order valence-corrected chi connectivity index (χ1v) is 6.56. The minimum atomic E-state index is 0.488. The molecule has 1 aliphatic rings. The average molecular weight is 255 g/mol. The van der Waals surface area contributed by atoms with E-state index in [1.54, 1.807) is 6.07 Å². The molecule has 0 radical (unpaired) electrons. The number of nitriles is 1. The molecule has 5 heteroatoms. The monoisotopic (exact) mass is 255 g/mol. The van der Waals surface area contributed by atoms with Gasteiger partial charge in [-0.1, -0.05) is 6.07 Å². The Morgan fingerprint density at radius 1 is 1.53 bits per heavy atom. The lowest BCUT2D eigenvalue weighted by Gasteiger charge is -2.16. The fraction of sp³-hybridized carbons (Fsp3) is 0.429. The van der Waals surface area contributed by atoms with E-state index in [1.807, 2.05) is 16.7 Å². The number of nitrogen functional groups attached to an aromatic ring is 1. The Labute approximate surface area is 112 Å². The van der Waals surface area contributed by atoms with Gasteiger partial charge in [-0.3, -0.25) is 0 Å². The Bertz CT molecular complexity index is 648. The molecule has 98 valence electrons. The largest absolute Gasteiger partial charge is 0.369 e. The fourth-order valence-electron chi connectivity index (χ4n) is 2.45. The lowest BCUT2D eigenvalue weighted by Crippen LogP contribution is -2.25. The number of nitrogens with zero attached hydrogens (tertiary/aromatic N) is 4. The summed E-state index contributed by atoms with van der Waals surface area (Å²) in [6.07, 6.45) is 2.60. The van der Waals surface area contributed by atoms with Crippen molar-refractivity contribution >= 4 is 17.0 Å². The van der Waals surface area contributed by atoms with Gasteiger partial charge in [0.15, 0.2) is 0 Å². The zero-order chi connectivity index (χ0) is 13.4. The maximum atomic E-state index is 9.09. The summed E-state index contributed by atoms with van der Waals surface area (Å²) in [6, 6.07) is 8.52. The van der Waals surface area contributed by atoms with Crippen LogP contribution in [0.2, 0.25) is 0 Å². The third-order valence-electron chi connectivity index (χ3n) is 3.78. The van der Waals surface area contributed by atoms with Gasteiger partial charge in [0, 0.05) is 19.1 Å². The Balaban J connectivity index is 1.90. The van der Waals surface area contributed by atoms with E-state index < -0.39 is 0 Å². The molecule has 0 aliphatic heterocycles. The van der Waals surface area contributed by atoms with E-state index in [0.717, 1.165) is 24.6 Å². The molecule has 0 spiro atoms. The van der Waals surface area contributed by atoms with E-state index in [-0.39, 0.29) is 0 Å². The highest BCUT2D eigenvalue weighted by molar-refractivity contribution is 5.83. The smallest absolute Gasteiger partial charge is 0.201 e. The molecule has 1 aliphatic carbocycles. The van der Waals surface area contributed by atoms with Crippen molar-refractivity contribution in [1.82, 2.24) is 14.5 Å². The molecule has 2 N–H and O–H groups in total. The maximum absolute atomic E-state index is 9.09. The van der Waals surface area contributed by atoms with Gasteiger partial charge in [0.05, 0.1) is 11.1 Å². The van der Waals surface area contributed by atoms with Crippen LogP contribution in [-0.2, 0) is 6.54 Å². The van der Waals surface area contributed by atoms with Crippen LogP contribution >= 0.6 is 0 Å². The van der Waals surface area contributed by atoms with Gasteiger partial charge in [0.1, 0.15) is 11.6 Å². The van der Waals surface area contributed by atoms with Gasteiger partial charge in [-0.15, -0.1) is 0 Å². The first-order chi connectivity index (χ1) is 9.20. The Morgan fingerprint density at radius 2 is 2.32 bits per heavy atom. The average Bonchev–Trinajstić information content (AvgIpc) is 3.20. The molecule has 1 saturated carbocycles. The molecule has 1 fully saturated rings. The van der Waals surface area contributed by atoms with Gasteiger partial charge in [-0.05, 0) is 32.0 Å². The summed E-state index contributed by atoms with van der Waals surface area (Å²) in [4.78, 5) is 6.68. The second kappa shape index (κ2) is 4.56. The molecule has 0 amide bonds. The molecule has 2 aromatic rings. The van der Waals surface area contributed by atoms with Crippen molar-refractivity contribution in [3.63, 3.8) is 0 Å². The number of anilines is 1. The van der Waals surface area contributed by atoms with E-state index in [2.05, 4.69) is 23.0 Å². The van der Waals surface area contributed by atoms with E-state index in [0.29, 0.717) is 17.0 Å². The first-order valence-electron chi connectivity index (χ1n) is 6.56. The number of aromatic nitrogens is 2. The third-order valence-corrected chi connectivity index (χ3v) is 3.78. The quantitative estimate of drug-likeness (QED) is 0.900. The van der Waals surface area contributed by atoms with Crippen LogP contribution in [0.4, 0.5) is 5.95 Å². The summed E-state index contributed by atoms with van der Waals surface area (Å²) in [5.74, 6) is 0.488. The molecule has 0 unspecified atom stereocenters. The summed E-state index contributed by atoms with van der Waals surface area (Å²) in [5.41, 5.74) is 8.21. The van der Waals surface area contributed by atoms with Gasteiger partial charge in [0.2, 0.25) is 5.95 Å². The second-order valence-corrected chi connectivity index (χ2v) is 5.12. The van der Waals surface area contributed by atoms with Gasteiger partial charge >= 0.3 is 0 Å². The van der Waals surface area contributed by atoms with E-state index in [1.165, 1.54) is 12.8 Å². The lowest BCUT2D eigenvalue weighted by molar-refractivity contribution is 0.311. The molecule has 3 rings (SSSR count). The van der Waals surface area contributed by atoms with Crippen LogP contribution in [0.1, 0.15) is 18.4 Å². The van der Waals surface area contributed by atoms with Crippen molar-refractivity contribution in [2.75, 3.05) is 19.3 Å². The van der Waals surface area contributed by atoms with E-state index in [4.69, 9.17) is 11.0 Å². The highest BCUT2D eigenvalue weighted by atomic mass is 15.2. The molecule has 1 heterocycles. The SMILES string of the molecule is CN(CCn1c(N)nc2c(C#N)cccc21)C1CC1. The summed E-state index contributed by atoms with van der Waals surface area (Å²) < 4.78 is 2.00. The molecule has 0 bridgehead atoms. The van der Waals surface area contributed by atoms with Gasteiger partial charge in [0.25, 0.3) is 0 Å². The number of benzene rings is 1. The van der Waals surface area contributed by atoms with Gasteiger partial charge < -0.3 is 15.2 Å². The molecular weight excluding hydrogens is 238 g/mol. The zero-order valence-electron chi connectivity index (χ0n) is 11.0. The summed E-state index contributed by atoms with van der Waals surface area (Å²) in [5, 5.41) is 9.09. The molecule has 1 aromatic carbocycles. The standard InChI is InChI=1S/C14H17N5/c1-18(11-5-6-11)7-8-19-12-4-2-3-10(9-15)13(12)17-14(19)16/h2-4,11H,5-8H2,1H3,(H2,16,17). The third kappa shape index (κ3) is 2.15. The van der Waals surface area contributed by atoms with Crippen molar-refractivity contribution < 1.29 is 0 Å². The van der Waals surface area contributed by atoms with Crippen LogP contribution in [-0.4, -0.2) is 34.1 Å². The van der Waals surface area contributed by atoms with Gasteiger partial charge in [-0.2, -0.15) is 5.26 Å². The highest BCUT2D eigenvalue weighted by Crippen LogP contribution is 2.26. The minimum absolute atomic E-state index is 0.488. The fourth-order valence-corrected chi connectivity index (χ4v) is 2.45. The zero-order valence-corrected chi connectivity index (χ0v) is 11.0. The Morgan fingerprint density at radius 3 is 3.00 bits per heavy atom. The minimum Gasteiger partial charge on any atom is -0.369 e. The van der Waals surface area contributed by atoms with Crippen LogP contribution in [0.25, 0.3) is 11.0 Å². The lowest BCUT2D eigenvalue weighted by atomic mass is 10.2. The van der Waals surface area contributed by atoms with E-state index >= 15 is 0 Å². The van der Waals surface area contributed by atoms with Crippen LogP contribution in [0.15, 0.2) is 18.2 Å². The van der Waals surface area contributed by atoms with Crippen molar-refractivity contribution in [1.29, 1.82) is 5.26 Å². The van der Waals surface area contributed by atoms with Crippen LogP contribution < -0.4 is 5.73 Å². The number of para-hydroxylation sites is 1. The number of fused-ring (bicyclic) bond motifs is 1. The summed E-state index contributed by atoms with van der Waals surface area (Å²) >= 11 is 0. The number of likely N-dealkylation sites (N-methyl/N-ethyl adjacent to an activating group) is 1. The predicted molar refractivity (Wildman–Crippen MR) is 74.5 cm³/mol. The van der Waals surface area contributed by atoms with Crippen molar-refractivity contribution in [2.24, 2.45) is 0 Å². The number of hydrogen-bond donors (Lipinski definition) is 1. The van der Waals surface area contributed by atoms with Gasteiger partial charge in [-0.25, -0.2) is 4.98 Å². The Kier molecular flexibility index (Phi) is 2.88. The van der Waals surface area contributed by atoms with Crippen molar-refractivity contribution in [3.8, 4) is 6.07 Å². The summed E-state index contributed by atoms with van der Waals surface area (Å²) in [7, 11) is 2.15. The molecule has 0 saturated heterocycles. The van der Waals surface area contributed by atoms with E-state index in [9.17, 15) is 0 Å². The first kappa shape index (κ1) is 12.0. The van der Waals surface area contributed by atoms with Crippen LogP contribution in [0.3, 0.4) is 0 Å². The topological polar surface area (TPSA) is 70.9 Å². The Hall–Kier alpha value is -2.06. The predicted octanol–water partition coefficient (Wildman–Crippen LogP) is 1.58. The van der Waals surface area contributed by atoms with Crippen LogP contribution in [0, 0.1) is 11.3 Å². The van der Waals surface area contributed by atoms with Crippen molar-refractivity contribution in [2.45, 2.75) is 25.4 Å². The normalized spacial score (nSPS) is 15.0. The molecule has 0 atom stereocenters. The molecule has 1 aromatic heterocycles. The molecular formula is C14H17N5. The number of imidazole rings is 1.